The van der Waals surface area contributed by atoms with Crippen LogP contribution in [0.5, 0.6) is 0 Å². The molecule has 0 aliphatic carbocycles. The number of aromatic amines is 1. The smallest absolute Gasteiger partial charge is 0.0967 e. The zero-order chi connectivity index (χ0) is 17.1. The molecule has 1 aromatic carbocycles. The highest BCUT2D eigenvalue weighted by Gasteiger charge is 2.44. The van der Waals surface area contributed by atoms with E-state index in [9.17, 15) is 0 Å². The Morgan fingerprint density at radius 1 is 1.28 bits per heavy atom. The van der Waals surface area contributed by atoms with Gasteiger partial charge in [0.15, 0.2) is 0 Å². The molecule has 0 amide bonds. The second-order valence-corrected chi connectivity index (χ2v) is 7.19. The molecular formula is C20H27N3O2. The van der Waals surface area contributed by atoms with Gasteiger partial charge in [-0.2, -0.15) is 5.10 Å². The molecule has 0 bridgehead atoms. The molecule has 2 aliphatic heterocycles. The SMILES string of the molecule is CO[C@@H]1CCCOC12CCN(Cc1cn[nH]c1-c1ccccc1)CC2. The van der Waals surface area contributed by atoms with Gasteiger partial charge >= 0.3 is 0 Å². The van der Waals surface area contributed by atoms with Crippen LogP contribution in [0.3, 0.4) is 0 Å². The van der Waals surface area contributed by atoms with Gasteiger partial charge in [0.1, 0.15) is 0 Å². The van der Waals surface area contributed by atoms with Crippen molar-refractivity contribution in [3.63, 3.8) is 0 Å². The van der Waals surface area contributed by atoms with E-state index in [2.05, 4.69) is 39.4 Å². The van der Waals surface area contributed by atoms with Crippen LogP contribution in [-0.2, 0) is 16.0 Å². The third kappa shape index (κ3) is 3.36. The lowest BCUT2D eigenvalue weighted by Crippen LogP contribution is -2.55. The molecule has 2 fully saturated rings. The van der Waals surface area contributed by atoms with Crippen molar-refractivity contribution in [1.29, 1.82) is 0 Å². The maximum atomic E-state index is 6.22. The van der Waals surface area contributed by atoms with E-state index in [0.717, 1.165) is 57.6 Å². The number of aromatic nitrogens is 2. The van der Waals surface area contributed by atoms with Gasteiger partial charge in [-0.25, -0.2) is 0 Å². The molecule has 0 saturated carbocycles. The summed E-state index contributed by atoms with van der Waals surface area (Å²) in [7, 11) is 1.82. The molecule has 134 valence electrons. The molecule has 2 aromatic rings. The van der Waals surface area contributed by atoms with Gasteiger partial charge < -0.3 is 9.47 Å². The average molecular weight is 341 g/mol. The number of nitrogens with one attached hydrogen (secondary N) is 1. The lowest BCUT2D eigenvalue weighted by atomic mass is 9.81. The second kappa shape index (κ2) is 7.28. The number of H-pyrrole nitrogens is 1. The van der Waals surface area contributed by atoms with Crippen molar-refractivity contribution >= 4 is 0 Å². The van der Waals surface area contributed by atoms with Crippen molar-refractivity contribution in [2.45, 2.75) is 43.9 Å². The fraction of sp³-hybridized carbons (Fsp3) is 0.550. The van der Waals surface area contributed by atoms with Crippen LogP contribution in [0.4, 0.5) is 0 Å². The minimum absolute atomic E-state index is 0.0673. The zero-order valence-electron chi connectivity index (χ0n) is 14.9. The minimum Gasteiger partial charge on any atom is -0.378 e. The van der Waals surface area contributed by atoms with E-state index < -0.39 is 0 Å². The number of methoxy groups -OCH3 is 1. The highest BCUT2D eigenvalue weighted by atomic mass is 16.5. The molecule has 1 spiro atoms. The normalized spacial score (nSPS) is 23.8. The molecule has 25 heavy (non-hydrogen) atoms. The number of piperidine rings is 1. The Bertz CT molecular complexity index is 677. The van der Waals surface area contributed by atoms with Gasteiger partial charge in [-0.3, -0.25) is 10.00 Å². The van der Waals surface area contributed by atoms with E-state index in [1.54, 1.807) is 0 Å². The number of ether oxygens (including phenoxy) is 2. The third-order valence-corrected chi connectivity index (χ3v) is 5.75. The Balaban J connectivity index is 1.42. The van der Waals surface area contributed by atoms with Gasteiger partial charge in [0.25, 0.3) is 0 Å². The van der Waals surface area contributed by atoms with Crippen molar-refractivity contribution < 1.29 is 9.47 Å². The van der Waals surface area contributed by atoms with Crippen LogP contribution < -0.4 is 0 Å². The van der Waals surface area contributed by atoms with Crippen molar-refractivity contribution in [3.8, 4) is 11.3 Å². The molecule has 4 rings (SSSR count). The van der Waals surface area contributed by atoms with Crippen LogP contribution in [0.15, 0.2) is 36.5 Å². The van der Waals surface area contributed by atoms with Crippen LogP contribution in [0.2, 0.25) is 0 Å². The molecule has 5 nitrogen and oxygen atoms in total. The maximum Gasteiger partial charge on any atom is 0.0967 e. The summed E-state index contributed by atoms with van der Waals surface area (Å²) in [6, 6.07) is 10.4. The lowest BCUT2D eigenvalue weighted by Gasteiger charge is -2.48. The summed E-state index contributed by atoms with van der Waals surface area (Å²) in [5.41, 5.74) is 3.51. The summed E-state index contributed by atoms with van der Waals surface area (Å²) >= 11 is 0. The van der Waals surface area contributed by atoms with Gasteiger partial charge in [0, 0.05) is 38.9 Å². The second-order valence-electron chi connectivity index (χ2n) is 7.19. The molecular weight excluding hydrogens is 314 g/mol. The Kier molecular flexibility index (Phi) is 4.88. The van der Waals surface area contributed by atoms with Gasteiger partial charge in [0.05, 0.1) is 23.6 Å². The van der Waals surface area contributed by atoms with Gasteiger partial charge in [-0.15, -0.1) is 0 Å². The molecule has 1 aromatic heterocycles. The number of likely N-dealkylation sites (tertiary alicyclic amines) is 1. The molecule has 2 saturated heterocycles. The zero-order valence-corrected chi connectivity index (χ0v) is 14.9. The predicted octanol–water partition coefficient (Wildman–Crippen LogP) is 3.24. The first kappa shape index (κ1) is 16.8. The molecule has 0 radical (unpaired) electrons. The van der Waals surface area contributed by atoms with Crippen molar-refractivity contribution in [1.82, 2.24) is 15.1 Å². The topological polar surface area (TPSA) is 50.4 Å². The monoisotopic (exact) mass is 341 g/mol. The average Bonchev–Trinajstić information content (AvgIpc) is 3.13. The first-order chi connectivity index (χ1) is 12.3. The lowest BCUT2D eigenvalue weighted by molar-refractivity contribution is -0.186. The van der Waals surface area contributed by atoms with Crippen LogP contribution >= 0.6 is 0 Å². The summed E-state index contributed by atoms with van der Waals surface area (Å²) < 4.78 is 12.0. The molecule has 3 heterocycles. The van der Waals surface area contributed by atoms with E-state index in [-0.39, 0.29) is 11.7 Å². The highest BCUT2D eigenvalue weighted by Crippen LogP contribution is 2.37. The summed E-state index contributed by atoms with van der Waals surface area (Å²) in [6.07, 6.45) is 6.53. The Morgan fingerprint density at radius 2 is 2.08 bits per heavy atom. The first-order valence-electron chi connectivity index (χ1n) is 9.27. The summed E-state index contributed by atoms with van der Waals surface area (Å²) in [5.74, 6) is 0. The van der Waals surface area contributed by atoms with Crippen LogP contribution in [0.1, 0.15) is 31.2 Å². The number of hydrogen-bond acceptors (Lipinski definition) is 4. The van der Waals surface area contributed by atoms with Crippen molar-refractivity contribution in [3.05, 3.63) is 42.1 Å². The third-order valence-electron chi connectivity index (χ3n) is 5.75. The van der Waals surface area contributed by atoms with Gasteiger partial charge in [-0.05, 0) is 31.2 Å². The van der Waals surface area contributed by atoms with Crippen molar-refractivity contribution in [2.24, 2.45) is 0 Å². The highest BCUT2D eigenvalue weighted by molar-refractivity contribution is 5.62. The number of benzene rings is 1. The van der Waals surface area contributed by atoms with E-state index in [4.69, 9.17) is 9.47 Å². The van der Waals surface area contributed by atoms with Crippen LogP contribution in [0.25, 0.3) is 11.3 Å². The largest absolute Gasteiger partial charge is 0.378 e. The fourth-order valence-corrected chi connectivity index (χ4v) is 4.32. The Morgan fingerprint density at radius 3 is 2.84 bits per heavy atom. The van der Waals surface area contributed by atoms with E-state index >= 15 is 0 Å². The van der Waals surface area contributed by atoms with E-state index in [0.29, 0.717) is 0 Å². The van der Waals surface area contributed by atoms with Crippen LogP contribution in [-0.4, -0.2) is 53.6 Å². The maximum absolute atomic E-state index is 6.22. The van der Waals surface area contributed by atoms with Gasteiger partial charge in [0.2, 0.25) is 0 Å². The quantitative estimate of drug-likeness (QED) is 0.927. The van der Waals surface area contributed by atoms with Gasteiger partial charge in [-0.1, -0.05) is 30.3 Å². The molecule has 2 aliphatic rings. The molecule has 1 N–H and O–H groups in total. The molecule has 1 atom stereocenters. The first-order valence-corrected chi connectivity index (χ1v) is 9.27. The Labute approximate surface area is 149 Å². The summed E-state index contributed by atoms with van der Waals surface area (Å²) in [5, 5.41) is 7.44. The van der Waals surface area contributed by atoms with E-state index in [1.165, 1.54) is 11.1 Å². The Hall–Kier alpha value is -1.69. The van der Waals surface area contributed by atoms with E-state index in [1.807, 2.05) is 19.4 Å². The fourth-order valence-electron chi connectivity index (χ4n) is 4.32. The summed E-state index contributed by atoms with van der Waals surface area (Å²) in [6.45, 7) is 3.88. The standard InChI is InChI=1S/C20H27N3O2/c1-24-18-8-5-13-25-20(18)9-11-23(12-10-20)15-17-14-21-22-19(17)16-6-3-2-4-7-16/h2-4,6-7,14,18H,5,8-13,15H2,1H3,(H,21,22)/t18-/m1/s1. The molecule has 5 heteroatoms. The van der Waals surface area contributed by atoms with Crippen LogP contribution in [0, 0.1) is 0 Å². The summed E-state index contributed by atoms with van der Waals surface area (Å²) in [4.78, 5) is 2.51. The minimum atomic E-state index is -0.0673. The number of rotatable bonds is 4. The number of nitrogens with zero attached hydrogens (tertiary/aromatic N) is 2. The van der Waals surface area contributed by atoms with Crippen molar-refractivity contribution in [2.75, 3.05) is 26.8 Å². The number of hydrogen-bond donors (Lipinski definition) is 1. The molecule has 0 unspecified atom stereocenters. The predicted molar refractivity (Wildman–Crippen MR) is 97.2 cm³/mol.